The highest BCUT2D eigenvalue weighted by Gasteiger charge is 2.23. The molecule has 0 radical (unpaired) electrons. The standard InChI is InChI=1S/C19H21N3O/c1-14-5-9-16(10-6-14)21-19(23)22(18-4-3-13-20-18)17-11-7-15(2)8-12-17/h5-12H,3-4,13H2,1-2H3,(H,21,23). The first-order valence-corrected chi connectivity index (χ1v) is 7.91. The van der Waals surface area contributed by atoms with Crippen molar-refractivity contribution in [2.75, 3.05) is 16.8 Å². The van der Waals surface area contributed by atoms with Crippen molar-refractivity contribution in [1.82, 2.24) is 0 Å². The quantitative estimate of drug-likeness (QED) is 0.870. The van der Waals surface area contributed by atoms with Gasteiger partial charge in [0.05, 0.1) is 5.69 Å². The van der Waals surface area contributed by atoms with Gasteiger partial charge in [0.2, 0.25) is 0 Å². The molecular weight excluding hydrogens is 286 g/mol. The third-order valence-electron chi connectivity index (χ3n) is 3.91. The number of urea groups is 1. The summed E-state index contributed by atoms with van der Waals surface area (Å²) in [5.41, 5.74) is 3.97. The van der Waals surface area contributed by atoms with E-state index in [0.29, 0.717) is 0 Å². The van der Waals surface area contributed by atoms with E-state index in [-0.39, 0.29) is 6.03 Å². The molecule has 1 N–H and O–H groups in total. The minimum Gasteiger partial charge on any atom is -0.307 e. The van der Waals surface area contributed by atoms with E-state index in [1.807, 2.05) is 62.4 Å². The lowest BCUT2D eigenvalue weighted by atomic mass is 10.2. The Kier molecular flexibility index (Phi) is 4.42. The van der Waals surface area contributed by atoms with Crippen molar-refractivity contribution in [3.63, 3.8) is 0 Å². The van der Waals surface area contributed by atoms with Gasteiger partial charge in [0.25, 0.3) is 0 Å². The summed E-state index contributed by atoms with van der Waals surface area (Å²) in [5, 5.41) is 2.97. The number of amidine groups is 1. The fraction of sp³-hybridized carbons (Fsp3) is 0.263. The Morgan fingerprint density at radius 3 is 2.17 bits per heavy atom. The molecule has 0 bridgehead atoms. The van der Waals surface area contributed by atoms with Crippen molar-refractivity contribution in [2.24, 2.45) is 4.99 Å². The fourth-order valence-corrected chi connectivity index (χ4v) is 2.60. The predicted octanol–water partition coefficient (Wildman–Crippen LogP) is 4.53. The van der Waals surface area contributed by atoms with Crippen LogP contribution in [0, 0.1) is 13.8 Å². The number of anilines is 2. The van der Waals surface area contributed by atoms with Crippen LogP contribution in [0.4, 0.5) is 16.2 Å². The summed E-state index contributed by atoms with van der Waals surface area (Å²) < 4.78 is 0. The average molecular weight is 307 g/mol. The van der Waals surface area contributed by atoms with Gasteiger partial charge in [-0.3, -0.25) is 9.89 Å². The van der Waals surface area contributed by atoms with E-state index >= 15 is 0 Å². The van der Waals surface area contributed by atoms with Gasteiger partial charge in [0, 0.05) is 18.7 Å². The lowest BCUT2D eigenvalue weighted by Gasteiger charge is -2.23. The van der Waals surface area contributed by atoms with Crippen LogP contribution in [0.2, 0.25) is 0 Å². The predicted molar refractivity (Wildman–Crippen MR) is 95.4 cm³/mol. The zero-order chi connectivity index (χ0) is 16.2. The van der Waals surface area contributed by atoms with E-state index in [9.17, 15) is 4.79 Å². The average Bonchev–Trinajstić information content (AvgIpc) is 3.06. The molecule has 0 saturated heterocycles. The lowest BCUT2D eigenvalue weighted by Crippen LogP contribution is -2.39. The van der Waals surface area contributed by atoms with Gasteiger partial charge in [-0.2, -0.15) is 0 Å². The van der Waals surface area contributed by atoms with Gasteiger partial charge < -0.3 is 5.32 Å². The highest BCUT2D eigenvalue weighted by molar-refractivity contribution is 6.20. The molecular formula is C19H21N3O. The van der Waals surface area contributed by atoms with Crippen LogP contribution >= 0.6 is 0 Å². The van der Waals surface area contributed by atoms with E-state index in [4.69, 9.17) is 0 Å². The normalized spacial score (nSPS) is 13.6. The summed E-state index contributed by atoms with van der Waals surface area (Å²) in [6.07, 6.45) is 1.82. The van der Waals surface area contributed by atoms with Gasteiger partial charge in [-0.1, -0.05) is 35.4 Å². The second kappa shape index (κ2) is 6.65. The molecule has 2 aromatic carbocycles. The Morgan fingerprint density at radius 1 is 1.00 bits per heavy atom. The molecule has 23 heavy (non-hydrogen) atoms. The van der Waals surface area contributed by atoms with Crippen LogP contribution in [0.15, 0.2) is 53.5 Å². The number of hydrogen-bond donors (Lipinski definition) is 1. The summed E-state index contributed by atoms with van der Waals surface area (Å²) in [5.74, 6) is 0.832. The van der Waals surface area contributed by atoms with Gasteiger partial charge in [-0.05, 0) is 44.5 Å². The van der Waals surface area contributed by atoms with Crippen LogP contribution in [0.3, 0.4) is 0 Å². The molecule has 0 atom stereocenters. The van der Waals surface area contributed by atoms with Crippen molar-refractivity contribution in [3.05, 3.63) is 59.7 Å². The molecule has 0 aliphatic carbocycles. The first kappa shape index (κ1) is 15.3. The number of carbonyl (C=O) groups is 1. The van der Waals surface area contributed by atoms with Gasteiger partial charge in [-0.25, -0.2) is 4.79 Å². The van der Waals surface area contributed by atoms with E-state index < -0.39 is 0 Å². The molecule has 0 fully saturated rings. The molecule has 0 aromatic heterocycles. The van der Waals surface area contributed by atoms with Crippen molar-refractivity contribution in [3.8, 4) is 0 Å². The van der Waals surface area contributed by atoms with Crippen molar-refractivity contribution >= 4 is 23.2 Å². The van der Waals surface area contributed by atoms with Crippen LogP contribution in [0.25, 0.3) is 0 Å². The van der Waals surface area contributed by atoms with Crippen molar-refractivity contribution in [2.45, 2.75) is 26.7 Å². The van der Waals surface area contributed by atoms with E-state index in [1.165, 1.54) is 11.1 Å². The topological polar surface area (TPSA) is 44.7 Å². The molecule has 0 spiro atoms. The fourth-order valence-electron chi connectivity index (χ4n) is 2.60. The van der Waals surface area contributed by atoms with Gasteiger partial charge >= 0.3 is 6.03 Å². The van der Waals surface area contributed by atoms with E-state index in [1.54, 1.807) is 4.90 Å². The van der Waals surface area contributed by atoms with E-state index in [0.717, 1.165) is 36.6 Å². The number of carbonyl (C=O) groups excluding carboxylic acids is 1. The Morgan fingerprint density at radius 2 is 1.61 bits per heavy atom. The number of rotatable bonds is 2. The summed E-state index contributed by atoms with van der Waals surface area (Å²) in [6, 6.07) is 15.6. The third-order valence-corrected chi connectivity index (χ3v) is 3.91. The molecule has 1 aliphatic heterocycles. The summed E-state index contributed by atoms with van der Waals surface area (Å²) in [7, 11) is 0. The highest BCUT2D eigenvalue weighted by Crippen LogP contribution is 2.21. The molecule has 4 heteroatoms. The Hall–Kier alpha value is -2.62. The molecule has 3 rings (SSSR count). The molecule has 0 unspecified atom stereocenters. The van der Waals surface area contributed by atoms with E-state index in [2.05, 4.69) is 10.3 Å². The molecule has 2 amide bonds. The van der Waals surface area contributed by atoms with Gasteiger partial charge in [0.15, 0.2) is 0 Å². The summed E-state index contributed by atoms with van der Waals surface area (Å²) in [4.78, 5) is 19.0. The maximum absolute atomic E-state index is 12.8. The zero-order valence-corrected chi connectivity index (χ0v) is 13.5. The maximum Gasteiger partial charge on any atom is 0.331 e. The Labute approximate surface area is 136 Å². The molecule has 2 aromatic rings. The summed E-state index contributed by atoms with van der Waals surface area (Å²) in [6.45, 7) is 4.85. The largest absolute Gasteiger partial charge is 0.331 e. The second-order valence-corrected chi connectivity index (χ2v) is 5.87. The number of nitrogens with one attached hydrogen (secondary N) is 1. The number of nitrogens with zero attached hydrogens (tertiary/aromatic N) is 2. The summed E-state index contributed by atoms with van der Waals surface area (Å²) >= 11 is 0. The maximum atomic E-state index is 12.8. The number of benzene rings is 2. The van der Waals surface area contributed by atoms with Gasteiger partial charge in [0.1, 0.15) is 5.84 Å². The van der Waals surface area contributed by atoms with Crippen molar-refractivity contribution in [1.29, 1.82) is 0 Å². The van der Waals surface area contributed by atoms with Crippen molar-refractivity contribution < 1.29 is 4.79 Å². The van der Waals surface area contributed by atoms with Gasteiger partial charge in [-0.15, -0.1) is 0 Å². The Bertz CT molecular complexity index is 717. The monoisotopic (exact) mass is 307 g/mol. The minimum absolute atomic E-state index is 0.168. The van der Waals surface area contributed by atoms with Crippen LogP contribution in [-0.2, 0) is 0 Å². The molecule has 0 saturated carbocycles. The van der Waals surface area contributed by atoms with Crippen LogP contribution in [0.5, 0.6) is 0 Å². The number of amides is 2. The molecule has 4 nitrogen and oxygen atoms in total. The van der Waals surface area contributed by atoms with Crippen LogP contribution < -0.4 is 10.2 Å². The number of aliphatic imine (C=N–C) groups is 1. The molecule has 1 aliphatic rings. The highest BCUT2D eigenvalue weighted by atomic mass is 16.2. The second-order valence-electron chi connectivity index (χ2n) is 5.87. The first-order valence-electron chi connectivity index (χ1n) is 7.91. The SMILES string of the molecule is Cc1ccc(NC(=O)N(C2=NCCC2)c2ccc(C)cc2)cc1. The number of hydrogen-bond acceptors (Lipinski definition) is 2. The zero-order valence-electron chi connectivity index (χ0n) is 13.5. The molecule has 1 heterocycles. The Balaban J connectivity index is 1.86. The lowest BCUT2D eigenvalue weighted by molar-refractivity contribution is 0.259. The van der Waals surface area contributed by atoms with Crippen LogP contribution in [-0.4, -0.2) is 18.4 Å². The third kappa shape index (κ3) is 3.59. The van der Waals surface area contributed by atoms with Crippen LogP contribution in [0.1, 0.15) is 24.0 Å². The molecule has 118 valence electrons. The minimum atomic E-state index is -0.168. The number of aryl methyl sites for hydroxylation is 2. The first-order chi connectivity index (χ1) is 11.1. The smallest absolute Gasteiger partial charge is 0.307 e.